The zero-order valence-electron chi connectivity index (χ0n) is 10.5. The van der Waals surface area contributed by atoms with Gasteiger partial charge in [-0.05, 0) is 18.6 Å². The van der Waals surface area contributed by atoms with E-state index in [1.165, 1.54) is 12.4 Å². The number of hydrogen-bond donors (Lipinski definition) is 0. The standard InChI is InChI=1S/C14H9Cl2N3O/c1-8-4-2-3-5-9(8)14-18-13(19-20-14)12-10(15)6-17-7-11(12)16/h2-7H,1H3. The summed E-state index contributed by atoms with van der Waals surface area (Å²) >= 11 is 12.2. The van der Waals surface area contributed by atoms with Gasteiger partial charge in [0, 0.05) is 18.0 Å². The lowest BCUT2D eigenvalue weighted by molar-refractivity contribution is 0.432. The molecule has 3 aromatic rings. The van der Waals surface area contributed by atoms with Gasteiger partial charge in [0.2, 0.25) is 5.82 Å². The molecule has 0 amide bonds. The van der Waals surface area contributed by atoms with Crippen LogP contribution in [0.15, 0.2) is 41.2 Å². The molecule has 2 heterocycles. The highest BCUT2D eigenvalue weighted by Gasteiger charge is 2.17. The number of benzene rings is 1. The quantitative estimate of drug-likeness (QED) is 0.703. The fraction of sp³-hybridized carbons (Fsp3) is 0.0714. The molecule has 0 spiro atoms. The van der Waals surface area contributed by atoms with Crippen LogP contribution in [0.1, 0.15) is 5.56 Å². The summed E-state index contributed by atoms with van der Waals surface area (Å²) in [7, 11) is 0. The van der Waals surface area contributed by atoms with E-state index in [2.05, 4.69) is 15.1 Å². The molecule has 3 rings (SSSR count). The predicted molar refractivity (Wildman–Crippen MR) is 77.7 cm³/mol. The largest absolute Gasteiger partial charge is 0.334 e. The molecule has 0 aliphatic carbocycles. The Morgan fingerprint density at radius 1 is 1.05 bits per heavy atom. The van der Waals surface area contributed by atoms with Crippen LogP contribution in [0.2, 0.25) is 10.0 Å². The average Bonchev–Trinajstić information content (AvgIpc) is 2.88. The van der Waals surface area contributed by atoms with Gasteiger partial charge in [0.15, 0.2) is 0 Å². The summed E-state index contributed by atoms with van der Waals surface area (Å²) in [6.45, 7) is 1.98. The highest BCUT2D eigenvalue weighted by molar-refractivity contribution is 6.38. The van der Waals surface area contributed by atoms with Crippen molar-refractivity contribution in [1.29, 1.82) is 0 Å². The molecule has 6 heteroatoms. The van der Waals surface area contributed by atoms with Gasteiger partial charge in [-0.15, -0.1) is 0 Å². The van der Waals surface area contributed by atoms with Crippen LogP contribution in [0, 0.1) is 6.92 Å². The van der Waals surface area contributed by atoms with Gasteiger partial charge >= 0.3 is 0 Å². The first-order chi connectivity index (χ1) is 9.66. The maximum absolute atomic E-state index is 6.08. The van der Waals surface area contributed by atoms with Crippen molar-refractivity contribution in [1.82, 2.24) is 15.1 Å². The van der Waals surface area contributed by atoms with Crippen molar-refractivity contribution in [2.45, 2.75) is 6.92 Å². The number of halogens is 2. The molecule has 0 atom stereocenters. The zero-order chi connectivity index (χ0) is 14.1. The first-order valence-corrected chi connectivity index (χ1v) is 6.61. The van der Waals surface area contributed by atoms with Crippen molar-refractivity contribution in [2.75, 3.05) is 0 Å². The summed E-state index contributed by atoms with van der Waals surface area (Å²) in [5.41, 5.74) is 2.45. The molecule has 0 saturated heterocycles. The van der Waals surface area contributed by atoms with Crippen LogP contribution in [0.25, 0.3) is 22.8 Å². The third-order valence-corrected chi connectivity index (χ3v) is 3.45. The average molecular weight is 306 g/mol. The Morgan fingerprint density at radius 2 is 1.75 bits per heavy atom. The Hall–Kier alpha value is -1.91. The van der Waals surface area contributed by atoms with E-state index in [1.54, 1.807) is 0 Å². The van der Waals surface area contributed by atoms with Crippen LogP contribution in [-0.4, -0.2) is 15.1 Å². The first kappa shape index (κ1) is 13.1. The van der Waals surface area contributed by atoms with E-state index in [9.17, 15) is 0 Å². The summed E-state index contributed by atoms with van der Waals surface area (Å²) in [6.07, 6.45) is 2.99. The number of rotatable bonds is 2. The number of pyridine rings is 1. The SMILES string of the molecule is Cc1ccccc1-c1nc(-c2c(Cl)cncc2Cl)no1. The van der Waals surface area contributed by atoms with E-state index in [-0.39, 0.29) is 0 Å². The van der Waals surface area contributed by atoms with Crippen molar-refractivity contribution in [3.05, 3.63) is 52.3 Å². The van der Waals surface area contributed by atoms with Crippen molar-refractivity contribution < 1.29 is 4.52 Å². The monoisotopic (exact) mass is 305 g/mol. The minimum Gasteiger partial charge on any atom is -0.334 e. The first-order valence-electron chi connectivity index (χ1n) is 5.86. The fourth-order valence-corrected chi connectivity index (χ4v) is 2.41. The molecule has 1 aromatic carbocycles. The molecule has 0 unspecified atom stereocenters. The third kappa shape index (κ3) is 2.28. The summed E-state index contributed by atoms with van der Waals surface area (Å²) in [6, 6.07) is 7.76. The topological polar surface area (TPSA) is 51.8 Å². The highest BCUT2D eigenvalue weighted by atomic mass is 35.5. The van der Waals surface area contributed by atoms with Crippen molar-refractivity contribution in [2.24, 2.45) is 0 Å². The van der Waals surface area contributed by atoms with E-state index < -0.39 is 0 Å². The molecule has 0 fully saturated rings. The van der Waals surface area contributed by atoms with Gasteiger partial charge in [-0.25, -0.2) is 0 Å². The number of hydrogen-bond acceptors (Lipinski definition) is 4. The van der Waals surface area contributed by atoms with E-state index in [0.29, 0.717) is 27.3 Å². The van der Waals surface area contributed by atoms with Gasteiger partial charge < -0.3 is 4.52 Å². The Bertz CT molecular complexity index is 750. The molecule has 0 bridgehead atoms. The Balaban J connectivity index is 2.10. The molecule has 0 N–H and O–H groups in total. The smallest absolute Gasteiger partial charge is 0.258 e. The second-order valence-corrected chi connectivity index (χ2v) is 5.03. The summed E-state index contributed by atoms with van der Waals surface area (Å²) in [5.74, 6) is 0.780. The van der Waals surface area contributed by atoms with Crippen LogP contribution >= 0.6 is 23.2 Å². The third-order valence-electron chi connectivity index (χ3n) is 2.88. The second-order valence-electron chi connectivity index (χ2n) is 4.22. The molecular weight excluding hydrogens is 297 g/mol. The van der Waals surface area contributed by atoms with Crippen LogP contribution in [-0.2, 0) is 0 Å². The minimum absolute atomic E-state index is 0.348. The highest BCUT2D eigenvalue weighted by Crippen LogP contribution is 2.33. The van der Waals surface area contributed by atoms with E-state index in [4.69, 9.17) is 27.7 Å². The van der Waals surface area contributed by atoms with Gasteiger partial charge in [0.1, 0.15) is 0 Å². The minimum atomic E-state index is 0.348. The molecule has 100 valence electrons. The van der Waals surface area contributed by atoms with E-state index >= 15 is 0 Å². The molecule has 0 radical (unpaired) electrons. The van der Waals surface area contributed by atoms with Gasteiger partial charge in [-0.1, -0.05) is 46.6 Å². The number of aromatic nitrogens is 3. The molecule has 0 aliphatic heterocycles. The number of aryl methyl sites for hydroxylation is 1. The lowest BCUT2D eigenvalue weighted by Crippen LogP contribution is -1.87. The summed E-state index contributed by atoms with van der Waals surface area (Å²) < 4.78 is 5.30. The molecule has 20 heavy (non-hydrogen) atoms. The van der Waals surface area contributed by atoms with E-state index in [1.807, 2.05) is 31.2 Å². The van der Waals surface area contributed by atoms with Gasteiger partial charge in [0.25, 0.3) is 5.89 Å². The van der Waals surface area contributed by atoms with Gasteiger partial charge in [0.05, 0.1) is 15.6 Å². The van der Waals surface area contributed by atoms with Gasteiger partial charge in [-0.2, -0.15) is 4.98 Å². The van der Waals surface area contributed by atoms with Gasteiger partial charge in [-0.3, -0.25) is 4.98 Å². The van der Waals surface area contributed by atoms with Crippen molar-refractivity contribution >= 4 is 23.2 Å². The number of nitrogens with zero attached hydrogens (tertiary/aromatic N) is 3. The molecule has 2 aromatic heterocycles. The predicted octanol–water partition coefficient (Wildman–Crippen LogP) is 4.41. The normalized spacial score (nSPS) is 10.8. The lowest BCUT2D eigenvalue weighted by Gasteiger charge is -2.00. The molecule has 4 nitrogen and oxygen atoms in total. The second kappa shape index (κ2) is 5.23. The Morgan fingerprint density at radius 3 is 2.45 bits per heavy atom. The Kier molecular flexibility index (Phi) is 3.42. The Labute approximate surface area is 125 Å². The fourth-order valence-electron chi connectivity index (χ4n) is 1.87. The summed E-state index contributed by atoms with van der Waals surface area (Å²) in [4.78, 5) is 8.26. The van der Waals surface area contributed by atoms with Crippen molar-refractivity contribution in [3.63, 3.8) is 0 Å². The van der Waals surface area contributed by atoms with E-state index in [0.717, 1.165) is 11.1 Å². The summed E-state index contributed by atoms with van der Waals surface area (Å²) in [5, 5.41) is 4.71. The maximum atomic E-state index is 6.08. The van der Waals surface area contributed by atoms with Crippen LogP contribution in [0.5, 0.6) is 0 Å². The van der Waals surface area contributed by atoms with Crippen LogP contribution in [0.4, 0.5) is 0 Å². The zero-order valence-corrected chi connectivity index (χ0v) is 12.0. The van der Waals surface area contributed by atoms with Crippen LogP contribution < -0.4 is 0 Å². The maximum Gasteiger partial charge on any atom is 0.258 e. The molecule has 0 saturated carbocycles. The molecule has 0 aliphatic rings. The lowest BCUT2D eigenvalue weighted by atomic mass is 10.1. The van der Waals surface area contributed by atoms with Crippen LogP contribution in [0.3, 0.4) is 0 Å². The molecular formula is C14H9Cl2N3O. The van der Waals surface area contributed by atoms with Crippen molar-refractivity contribution in [3.8, 4) is 22.8 Å².